The van der Waals surface area contributed by atoms with Crippen LogP contribution in [0.25, 0.3) is 0 Å². The standard InChI is InChI=1S/C13H13NO6/c1-7-3-9(5-11(13(7)18)14(19)20)12(17)6-10(16)4-8(2)15/h3,5,18H,4,6H2,1-2H3. The molecule has 106 valence electrons. The van der Waals surface area contributed by atoms with Crippen molar-refractivity contribution in [2.45, 2.75) is 26.7 Å². The number of Topliss-reactive ketones (excluding diaryl/α,β-unsaturated/α-hetero) is 3. The van der Waals surface area contributed by atoms with Crippen LogP contribution in [0.4, 0.5) is 5.69 Å². The third-order valence-corrected chi connectivity index (χ3v) is 2.60. The van der Waals surface area contributed by atoms with Crippen LogP contribution in [0.15, 0.2) is 12.1 Å². The van der Waals surface area contributed by atoms with E-state index in [0.717, 1.165) is 6.07 Å². The summed E-state index contributed by atoms with van der Waals surface area (Å²) in [4.78, 5) is 43.9. The zero-order valence-corrected chi connectivity index (χ0v) is 11.0. The van der Waals surface area contributed by atoms with Crippen molar-refractivity contribution < 1.29 is 24.4 Å². The Morgan fingerprint density at radius 3 is 2.35 bits per heavy atom. The molecule has 1 aromatic carbocycles. The predicted octanol–water partition coefficient (Wildman–Crippen LogP) is 1.73. The molecule has 7 nitrogen and oxygen atoms in total. The molecule has 0 atom stereocenters. The Balaban J connectivity index is 3.02. The molecule has 0 aromatic heterocycles. The highest BCUT2D eigenvalue weighted by Gasteiger charge is 2.21. The second-order valence-corrected chi connectivity index (χ2v) is 4.44. The molecular weight excluding hydrogens is 266 g/mol. The first kappa shape index (κ1) is 15.5. The number of hydrogen-bond donors (Lipinski definition) is 1. The molecule has 1 rings (SSSR count). The number of carbonyl (C=O) groups is 3. The van der Waals surface area contributed by atoms with Crippen molar-refractivity contribution in [1.29, 1.82) is 0 Å². The van der Waals surface area contributed by atoms with Gasteiger partial charge in [0.25, 0.3) is 0 Å². The summed E-state index contributed by atoms with van der Waals surface area (Å²) in [5.74, 6) is -2.03. The van der Waals surface area contributed by atoms with E-state index in [9.17, 15) is 29.6 Å². The van der Waals surface area contributed by atoms with E-state index >= 15 is 0 Å². The van der Waals surface area contributed by atoms with Crippen LogP contribution in [0.5, 0.6) is 5.75 Å². The molecule has 0 aliphatic heterocycles. The number of hydrogen-bond acceptors (Lipinski definition) is 6. The fourth-order valence-corrected chi connectivity index (χ4v) is 1.68. The molecule has 7 heteroatoms. The van der Waals surface area contributed by atoms with E-state index in [2.05, 4.69) is 0 Å². The maximum atomic E-state index is 11.8. The maximum absolute atomic E-state index is 11.8. The van der Waals surface area contributed by atoms with Crippen LogP contribution in [0.3, 0.4) is 0 Å². The lowest BCUT2D eigenvalue weighted by Gasteiger charge is -2.04. The highest BCUT2D eigenvalue weighted by molar-refractivity contribution is 6.12. The minimum absolute atomic E-state index is 0.0381. The molecule has 0 saturated carbocycles. The summed E-state index contributed by atoms with van der Waals surface area (Å²) < 4.78 is 0. The summed E-state index contributed by atoms with van der Waals surface area (Å²) in [7, 11) is 0. The van der Waals surface area contributed by atoms with E-state index in [4.69, 9.17) is 0 Å². The number of aryl methyl sites for hydroxylation is 1. The Kier molecular flexibility index (Phi) is 4.68. The van der Waals surface area contributed by atoms with Crippen molar-refractivity contribution in [2.75, 3.05) is 0 Å². The minimum Gasteiger partial charge on any atom is -0.502 e. The highest BCUT2D eigenvalue weighted by Crippen LogP contribution is 2.31. The molecule has 0 unspecified atom stereocenters. The average molecular weight is 279 g/mol. The zero-order chi connectivity index (χ0) is 15.4. The SMILES string of the molecule is CC(=O)CC(=O)CC(=O)c1cc(C)c(O)c([N+](=O)[O-])c1. The van der Waals surface area contributed by atoms with Gasteiger partial charge in [-0.15, -0.1) is 0 Å². The van der Waals surface area contributed by atoms with Gasteiger partial charge in [0.15, 0.2) is 11.5 Å². The van der Waals surface area contributed by atoms with E-state index in [1.54, 1.807) is 0 Å². The van der Waals surface area contributed by atoms with Crippen molar-refractivity contribution in [3.63, 3.8) is 0 Å². The number of rotatable bonds is 6. The highest BCUT2D eigenvalue weighted by atomic mass is 16.6. The van der Waals surface area contributed by atoms with Gasteiger partial charge >= 0.3 is 5.69 Å². The molecule has 0 aliphatic carbocycles. The first-order chi connectivity index (χ1) is 9.22. The molecule has 0 amide bonds. The number of benzene rings is 1. The molecule has 1 N–H and O–H groups in total. The van der Waals surface area contributed by atoms with E-state index in [0.29, 0.717) is 0 Å². The minimum atomic E-state index is -0.809. The Hall–Kier alpha value is -2.57. The van der Waals surface area contributed by atoms with Gasteiger partial charge in [-0.2, -0.15) is 0 Å². The van der Waals surface area contributed by atoms with E-state index in [-0.39, 0.29) is 23.3 Å². The number of nitro benzene ring substituents is 1. The van der Waals surface area contributed by atoms with Crippen LogP contribution in [0.2, 0.25) is 0 Å². The summed E-state index contributed by atoms with van der Waals surface area (Å²) in [6.07, 6.45) is -0.841. The number of carbonyl (C=O) groups excluding carboxylic acids is 3. The number of phenols is 1. The van der Waals surface area contributed by atoms with Crippen molar-refractivity contribution >= 4 is 23.0 Å². The Morgan fingerprint density at radius 1 is 1.25 bits per heavy atom. The molecule has 0 aliphatic rings. The first-order valence-corrected chi connectivity index (χ1v) is 5.74. The molecule has 1 aromatic rings. The Morgan fingerprint density at radius 2 is 1.85 bits per heavy atom. The summed E-state index contributed by atoms with van der Waals surface area (Å²) >= 11 is 0. The number of phenolic OH excluding ortho intramolecular Hbond substituents is 1. The zero-order valence-electron chi connectivity index (χ0n) is 11.0. The van der Waals surface area contributed by atoms with Gasteiger partial charge in [0.05, 0.1) is 17.8 Å². The van der Waals surface area contributed by atoms with Gasteiger partial charge in [0.2, 0.25) is 0 Å². The van der Waals surface area contributed by atoms with Crippen molar-refractivity contribution in [3.05, 3.63) is 33.4 Å². The molecule has 0 heterocycles. The van der Waals surface area contributed by atoms with Crippen LogP contribution in [-0.4, -0.2) is 27.4 Å². The largest absolute Gasteiger partial charge is 0.502 e. The Labute approximate surface area is 114 Å². The van der Waals surface area contributed by atoms with Crippen molar-refractivity contribution in [2.24, 2.45) is 0 Å². The van der Waals surface area contributed by atoms with E-state index in [1.165, 1.54) is 19.9 Å². The lowest BCUT2D eigenvalue weighted by molar-refractivity contribution is -0.385. The number of aromatic hydroxyl groups is 1. The Bertz CT molecular complexity index is 605. The molecule has 0 fully saturated rings. The molecular formula is C13H13NO6. The molecule has 0 spiro atoms. The van der Waals surface area contributed by atoms with E-state index in [1.807, 2.05) is 0 Å². The van der Waals surface area contributed by atoms with Gasteiger partial charge in [-0.05, 0) is 25.5 Å². The third kappa shape index (κ3) is 3.71. The van der Waals surface area contributed by atoms with E-state index < -0.39 is 34.3 Å². The predicted molar refractivity (Wildman–Crippen MR) is 68.8 cm³/mol. The summed E-state index contributed by atoms with van der Waals surface area (Å²) in [5, 5.41) is 20.2. The second-order valence-electron chi connectivity index (χ2n) is 4.44. The average Bonchev–Trinajstić information content (AvgIpc) is 2.30. The van der Waals surface area contributed by atoms with Crippen LogP contribution < -0.4 is 0 Å². The number of nitro groups is 1. The van der Waals surface area contributed by atoms with Crippen molar-refractivity contribution in [1.82, 2.24) is 0 Å². The van der Waals surface area contributed by atoms with Crippen LogP contribution >= 0.6 is 0 Å². The molecule has 0 radical (unpaired) electrons. The topological polar surface area (TPSA) is 115 Å². The fraction of sp³-hybridized carbons (Fsp3) is 0.308. The van der Waals surface area contributed by atoms with Gasteiger partial charge in [-0.25, -0.2) is 0 Å². The lowest BCUT2D eigenvalue weighted by atomic mass is 10.0. The number of ketones is 3. The van der Waals surface area contributed by atoms with Crippen LogP contribution in [-0.2, 0) is 9.59 Å². The number of nitrogens with zero attached hydrogens (tertiary/aromatic N) is 1. The van der Waals surface area contributed by atoms with Gasteiger partial charge in [0.1, 0.15) is 11.6 Å². The summed E-state index contributed by atoms with van der Waals surface area (Å²) in [6, 6.07) is 2.19. The molecule has 20 heavy (non-hydrogen) atoms. The van der Waals surface area contributed by atoms with Gasteiger partial charge in [0, 0.05) is 11.6 Å². The van der Waals surface area contributed by atoms with Gasteiger partial charge < -0.3 is 5.11 Å². The first-order valence-electron chi connectivity index (χ1n) is 5.74. The lowest BCUT2D eigenvalue weighted by Crippen LogP contribution is -2.11. The van der Waals surface area contributed by atoms with Crippen LogP contribution in [0.1, 0.15) is 35.7 Å². The smallest absolute Gasteiger partial charge is 0.311 e. The second kappa shape index (κ2) is 6.05. The van der Waals surface area contributed by atoms with Crippen LogP contribution in [0, 0.1) is 17.0 Å². The van der Waals surface area contributed by atoms with Gasteiger partial charge in [-0.3, -0.25) is 24.5 Å². The van der Waals surface area contributed by atoms with Gasteiger partial charge in [-0.1, -0.05) is 0 Å². The maximum Gasteiger partial charge on any atom is 0.311 e. The van der Waals surface area contributed by atoms with Crippen molar-refractivity contribution in [3.8, 4) is 5.75 Å². The molecule has 0 saturated heterocycles. The quantitative estimate of drug-likeness (QED) is 0.367. The third-order valence-electron chi connectivity index (χ3n) is 2.60. The summed E-state index contributed by atoms with van der Waals surface area (Å²) in [6.45, 7) is 2.65. The molecule has 0 bridgehead atoms. The monoisotopic (exact) mass is 279 g/mol. The normalized spacial score (nSPS) is 10.1. The summed E-state index contributed by atoms with van der Waals surface area (Å²) in [5.41, 5.74) is -0.460. The fourth-order valence-electron chi connectivity index (χ4n) is 1.68.